The van der Waals surface area contributed by atoms with Crippen LogP contribution in [-0.2, 0) is 13.1 Å². The Morgan fingerprint density at radius 2 is 2.25 bits per heavy atom. The van der Waals surface area contributed by atoms with Gasteiger partial charge in [0.1, 0.15) is 5.82 Å². The van der Waals surface area contributed by atoms with Gasteiger partial charge in [-0.15, -0.1) is 0 Å². The summed E-state index contributed by atoms with van der Waals surface area (Å²) >= 11 is 1.44. The van der Waals surface area contributed by atoms with Crippen molar-refractivity contribution in [1.82, 2.24) is 13.9 Å². The van der Waals surface area contributed by atoms with Crippen molar-refractivity contribution < 1.29 is 8.78 Å². The lowest BCUT2D eigenvalue weighted by molar-refractivity contribution is 0.125. The van der Waals surface area contributed by atoms with Gasteiger partial charge < -0.3 is 9.88 Å². The quantitative estimate of drug-likeness (QED) is 0.784. The average molecular weight is 294 g/mol. The van der Waals surface area contributed by atoms with Crippen molar-refractivity contribution in [2.24, 2.45) is 0 Å². The Balaban J connectivity index is 1.71. The number of hydrogen-bond donors (Lipinski definition) is 1. The minimum absolute atomic E-state index is 0.329. The summed E-state index contributed by atoms with van der Waals surface area (Å²) in [6.07, 6.45) is 2.53. The third kappa shape index (κ3) is 2.77. The molecule has 0 aliphatic rings. The molecule has 0 amide bonds. The van der Waals surface area contributed by atoms with E-state index in [1.807, 2.05) is 24.4 Å². The molecular weight excluding hydrogens is 282 g/mol. The fourth-order valence-electron chi connectivity index (χ4n) is 1.99. The van der Waals surface area contributed by atoms with Gasteiger partial charge in [0.15, 0.2) is 0 Å². The molecule has 0 radical (unpaired) electrons. The van der Waals surface area contributed by atoms with E-state index in [1.54, 1.807) is 6.20 Å². The number of nitrogens with zero attached hydrogens (tertiary/aromatic N) is 3. The topological polar surface area (TPSA) is 42.7 Å². The summed E-state index contributed by atoms with van der Waals surface area (Å²) in [7, 11) is 0. The van der Waals surface area contributed by atoms with E-state index in [0.29, 0.717) is 12.4 Å². The maximum Gasteiger partial charge on any atom is 0.256 e. The van der Waals surface area contributed by atoms with Crippen LogP contribution in [0, 0.1) is 0 Å². The number of aromatic nitrogens is 3. The molecule has 0 unspecified atom stereocenters. The molecule has 0 bridgehead atoms. The Labute approximate surface area is 118 Å². The number of fused-ring (bicyclic) bond motifs is 1. The van der Waals surface area contributed by atoms with E-state index in [4.69, 9.17) is 0 Å². The lowest BCUT2D eigenvalue weighted by Gasteiger charge is -2.09. The van der Waals surface area contributed by atoms with E-state index < -0.39 is 6.43 Å². The van der Waals surface area contributed by atoms with Gasteiger partial charge in [0.25, 0.3) is 6.43 Å². The zero-order valence-corrected chi connectivity index (χ0v) is 11.3. The third-order valence-corrected chi connectivity index (χ3v) is 3.72. The molecule has 104 valence electrons. The Hall–Kier alpha value is -2.02. The molecule has 2 aromatic heterocycles. The summed E-state index contributed by atoms with van der Waals surface area (Å²) in [6.45, 7) is 0.0767. The lowest BCUT2D eigenvalue weighted by atomic mass is 10.2. The van der Waals surface area contributed by atoms with Gasteiger partial charge >= 0.3 is 0 Å². The molecule has 3 rings (SSSR count). The second-order valence-corrected chi connectivity index (χ2v) is 5.15. The number of imidazole rings is 1. The summed E-state index contributed by atoms with van der Waals surface area (Å²) in [4.78, 5) is 4.09. The normalized spacial score (nSPS) is 11.3. The Morgan fingerprint density at radius 1 is 1.35 bits per heavy atom. The van der Waals surface area contributed by atoms with Crippen LogP contribution in [0.1, 0.15) is 5.82 Å². The van der Waals surface area contributed by atoms with Gasteiger partial charge in [0, 0.05) is 29.7 Å². The molecule has 0 saturated heterocycles. The minimum atomic E-state index is -2.38. The monoisotopic (exact) mass is 294 g/mol. The molecule has 0 fully saturated rings. The number of nitrogens with one attached hydrogen (secondary N) is 1. The van der Waals surface area contributed by atoms with Crippen molar-refractivity contribution in [3.8, 4) is 0 Å². The molecule has 20 heavy (non-hydrogen) atoms. The number of hydrogen-bond acceptors (Lipinski definition) is 4. The van der Waals surface area contributed by atoms with E-state index in [0.717, 1.165) is 15.8 Å². The third-order valence-electron chi connectivity index (χ3n) is 2.94. The molecule has 0 aliphatic heterocycles. The van der Waals surface area contributed by atoms with Gasteiger partial charge in [-0.05, 0) is 29.7 Å². The van der Waals surface area contributed by atoms with Crippen LogP contribution >= 0.6 is 11.5 Å². The first kappa shape index (κ1) is 13.0. The standard InChI is InChI=1S/C13H12F2N4S/c14-12(15)8-19-4-3-16-13(19)7-17-10-1-2-11-9(5-10)6-18-20-11/h1-6,12,17H,7-8H2. The van der Waals surface area contributed by atoms with E-state index in [2.05, 4.69) is 14.7 Å². The number of rotatable bonds is 5. The molecule has 0 atom stereocenters. The Bertz CT molecular complexity index is 707. The maximum atomic E-state index is 12.4. The first-order valence-electron chi connectivity index (χ1n) is 6.09. The highest BCUT2D eigenvalue weighted by molar-refractivity contribution is 7.13. The molecule has 0 spiro atoms. The van der Waals surface area contributed by atoms with Crippen LogP contribution < -0.4 is 5.32 Å². The number of halogens is 2. The predicted molar refractivity (Wildman–Crippen MR) is 75.2 cm³/mol. The van der Waals surface area contributed by atoms with Crippen molar-refractivity contribution >= 4 is 27.3 Å². The average Bonchev–Trinajstić information content (AvgIpc) is 3.03. The fourth-order valence-corrected chi connectivity index (χ4v) is 2.61. The molecule has 2 heterocycles. The van der Waals surface area contributed by atoms with Crippen LogP contribution in [0.25, 0.3) is 10.1 Å². The van der Waals surface area contributed by atoms with Gasteiger partial charge in [-0.2, -0.15) is 4.37 Å². The summed E-state index contributed by atoms with van der Waals surface area (Å²) in [5.41, 5.74) is 0.921. The SMILES string of the molecule is FC(F)Cn1ccnc1CNc1ccc2sncc2c1. The Morgan fingerprint density at radius 3 is 3.10 bits per heavy atom. The lowest BCUT2D eigenvalue weighted by Crippen LogP contribution is -2.12. The molecule has 1 N–H and O–H groups in total. The Kier molecular flexibility index (Phi) is 3.60. The molecule has 3 aromatic rings. The zero-order valence-electron chi connectivity index (χ0n) is 10.5. The number of anilines is 1. The van der Waals surface area contributed by atoms with Crippen molar-refractivity contribution in [2.45, 2.75) is 19.5 Å². The van der Waals surface area contributed by atoms with Gasteiger partial charge in [-0.1, -0.05) is 0 Å². The van der Waals surface area contributed by atoms with E-state index >= 15 is 0 Å². The molecule has 0 saturated carbocycles. The fraction of sp³-hybridized carbons (Fsp3) is 0.231. The molecule has 1 aromatic carbocycles. The summed E-state index contributed by atoms with van der Waals surface area (Å²) in [5.74, 6) is 0.592. The molecule has 4 nitrogen and oxygen atoms in total. The molecule has 7 heteroatoms. The van der Waals surface area contributed by atoms with Crippen molar-refractivity contribution in [2.75, 3.05) is 5.32 Å². The van der Waals surface area contributed by atoms with Crippen LogP contribution in [0.5, 0.6) is 0 Å². The van der Waals surface area contributed by atoms with E-state index in [1.165, 1.54) is 22.3 Å². The van der Waals surface area contributed by atoms with Crippen molar-refractivity contribution in [1.29, 1.82) is 0 Å². The van der Waals surface area contributed by atoms with Crippen molar-refractivity contribution in [3.05, 3.63) is 42.6 Å². The number of benzene rings is 1. The second kappa shape index (κ2) is 5.54. The highest BCUT2D eigenvalue weighted by Crippen LogP contribution is 2.22. The molecule has 0 aliphatic carbocycles. The number of alkyl halides is 2. The first-order chi connectivity index (χ1) is 9.72. The van der Waals surface area contributed by atoms with Crippen LogP contribution in [0.15, 0.2) is 36.8 Å². The smallest absolute Gasteiger partial charge is 0.256 e. The first-order valence-corrected chi connectivity index (χ1v) is 6.86. The minimum Gasteiger partial charge on any atom is -0.378 e. The van der Waals surface area contributed by atoms with Crippen molar-refractivity contribution in [3.63, 3.8) is 0 Å². The van der Waals surface area contributed by atoms with E-state index in [9.17, 15) is 8.78 Å². The van der Waals surface area contributed by atoms with Gasteiger partial charge in [0.2, 0.25) is 0 Å². The summed E-state index contributed by atoms with van der Waals surface area (Å²) in [5, 5.41) is 4.26. The van der Waals surface area contributed by atoms with E-state index in [-0.39, 0.29) is 6.54 Å². The van der Waals surface area contributed by atoms with Gasteiger partial charge in [0.05, 0.1) is 17.8 Å². The predicted octanol–water partition coefficient (Wildman–Crippen LogP) is 3.37. The van der Waals surface area contributed by atoms with Crippen LogP contribution in [0.4, 0.5) is 14.5 Å². The second-order valence-electron chi connectivity index (χ2n) is 4.32. The van der Waals surface area contributed by atoms with Crippen LogP contribution in [0.2, 0.25) is 0 Å². The van der Waals surface area contributed by atoms with Crippen LogP contribution in [-0.4, -0.2) is 20.4 Å². The highest BCUT2D eigenvalue weighted by atomic mass is 32.1. The molecular formula is C13H12F2N4S. The maximum absolute atomic E-state index is 12.4. The largest absolute Gasteiger partial charge is 0.378 e. The van der Waals surface area contributed by atoms with Crippen LogP contribution in [0.3, 0.4) is 0 Å². The van der Waals surface area contributed by atoms with Gasteiger partial charge in [-0.3, -0.25) is 0 Å². The zero-order chi connectivity index (χ0) is 13.9. The summed E-state index contributed by atoms with van der Waals surface area (Å²) in [6, 6.07) is 5.92. The summed E-state index contributed by atoms with van der Waals surface area (Å²) < 4.78 is 31.5. The highest BCUT2D eigenvalue weighted by Gasteiger charge is 2.08. The van der Waals surface area contributed by atoms with Gasteiger partial charge in [-0.25, -0.2) is 13.8 Å².